The smallest absolute Gasteiger partial charge is 0.0479 e. The second-order valence-corrected chi connectivity index (χ2v) is 5.59. The number of hydrogen-bond donors (Lipinski definition) is 2. The maximum Gasteiger partial charge on any atom is 0.0479 e. The third-order valence-electron chi connectivity index (χ3n) is 4.03. The summed E-state index contributed by atoms with van der Waals surface area (Å²) in [5, 5.41) is 9.43. The fourth-order valence-corrected chi connectivity index (χ4v) is 2.27. The van der Waals surface area contributed by atoms with E-state index in [0.29, 0.717) is 11.8 Å². The standard InChI is InChI=1S/C16H27NO/c1-5-12(4)13-6-8-14(9-7-13)16(17)15(10-18)11(2)3/h6-9,11-12,15-16,18H,5,10,17H2,1-4H3. The molecule has 0 aliphatic carbocycles. The quantitative estimate of drug-likeness (QED) is 0.811. The molecule has 102 valence electrons. The van der Waals surface area contributed by atoms with Crippen molar-refractivity contribution < 1.29 is 5.11 Å². The highest BCUT2D eigenvalue weighted by Crippen LogP contribution is 2.27. The summed E-state index contributed by atoms with van der Waals surface area (Å²) in [6.07, 6.45) is 1.15. The number of hydrogen-bond acceptors (Lipinski definition) is 2. The molecule has 3 N–H and O–H groups in total. The zero-order valence-corrected chi connectivity index (χ0v) is 12.1. The Bertz CT molecular complexity index is 345. The van der Waals surface area contributed by atoms with Crippen LogP contribution in [0.1, 0.15) is 57.2 Å². The SMILES string of the molecule is CCC(C)c1ccc(C(N)C(CO)C(C)C)cc1. The summed E-state index contributed by atoms with van der Waals surface area (Å²) < 4.78 is 0. The van der Waals surface area contributed by atoms with E-state index in [2.05, 4.69) is 52.0 Å². The van der Waals surface area contributed by atoms with Crippen LogP contribution in [0.15, 0.2) is 24.3 Å². The van der Waals surface area contributed by atoms with E-state index in [4.69, 9.17) is 5.73 Å². The molecule has 0 aliphatic heterocycles. The summed E-state index contributed by atoms with van der Waals surface area (Å²) >= 11 is 0. The van der Waals surface area contributed by atoms with Gasteiger partial charge in [-0.15, -0.1) is 0 Å². The van der Waals surface area contributed by atoms with Crippen molar-refractivity contribution in [3.05, 3.63) is 35.4 Å². The van der Waals surface area contributed by atoms with Crippen molar-refractivity contribution in [3.8, 4) is 0 Å². The number of aliphatic hydroxyl groups is 1. The van der Waals surface area contributed by atoms with Gasteiger partial charge in [0.05, 0.1) is 0 Å². The first-order valence-electron chi connectivity index (χ1n) is 6.97. The van der Waals surface area contributed by atoms with Crippen molar-refractivity contribution in [2.75, 3.05) is 6.61 Å². The van der Waals surface area contributed by atoms with E-state index in [9.17, 15) is 5.11 Å². The summed E-state index contributed by atoms with van der Waals surface area (Å²) in [5.74, 6) is 1.10. The third kappa shape index (κ3) is 3.56. The third-order valence-corrected chi connectivity index (χ3v) is 4.03. The topological polar surface area (TPSA) is 46.2 Å². The van der Waals surface area contributed by atoms with Crippen LogP contribution < -0.4 is 5.73 Å². The van der Waals surface area contributed by atoms with Crippen LogP contribution in [0.25, 0.3) is 0 Å². The van der Waals surface area contributed by atoms with Crippen LogP contribution in [0.4, 0.5) is 0 Å². The van der Waals surface area contributed by atoms with Crippen molar-refractivity contribution in [1.29, 1.82) is 0 Å². The molecule has 0 amide bonds. The van der Waals surface area contributed by atoms with Crippen LogP contribution in [0, 0.1) is 11.8 Å². The van der Waals surface area contributed by atoms with Crippen LogP contribution in [-0.2, 0) is 0 Å². The lowest BCUT2D eigenvalue weighted by Gasteiger charge is -2.26. The van der Waals surface area contributed by atoms with E-state index < -0.39 is 0 Å². The number of aliphatic hydroxyl groups excluding tert-OH is 1. The molecule has 1 aromatic carbocycles. The van der Waals surface area contributed by atoms with Crippen LogP contribution in [0.2, 0.25) is 0 Å². The van der Waals surface area contributed by atoms with Crippen molar-refractivity contribution in [2.24, 2.45) is 17.6 Å². The monoisotopic (exact) mass is 249 g/mol. The zero-order chi connectivity index (χ0) is 13.7. The first-order valence-corrected chi connectivity index (χ1v) is 6.97. The first kappa shape index (κ1) is 15.2. The van der Waals surface area contributed by atoms with Crippen LogP contribution in [0.5, 0.6) is 0 Å². The van der Waals surface area contributed by atoms with Gasteiger partial charge in [0.25, 0.3) is 0 Å². The second-order valence-electron chi connectivity index (χ2n) is 5.59. The lowest BCUT2D eigenvalue weighted by Crippen LogP contribution is -2.28. The Morgan fingerprint density at radius 2 is 1.56 bits per heavy atom. The van der Waals surface area contributed by atoms with Crippen LogP contribution in [0.3, 0.4) is 0 Å². The maximum atomic E-state index is 9.43. The van der Waals surface area contributed by atoms with Gasteiger partial charge in [-0.1, -0.05) is 52.0 Å². The van der Waals surface area contributed by atoms with Gasteiger partial charge in [0.15, 0.2) is 0 Å². The highest BCUT2D eigenvalue weighted by Gasteiger charge is 2.21. The van der Waals surface area contributed by atoms with E-state index in [-0.39, 0.29) is 18.6 Å². The molecule has 1 aromatic rings. The van der Waals surface area contributed by atoms with Crippen molar-refractivity contribution in [2.45, 2.75) is 46.1 Å². The van der Waals surface area contributed by atoms with Gasteiger partial charge in [0.2, 0.25) is 0 Å². The molecule has 0 aromatic heterocycles. The molecule has 0 saturated carbocycles. The van der Waals surface area contributed by atoms with Gasteiger partial charge in [-0.25, -0.2) is 0 Å². The number of rotatable bonds is 6. The van der Waals surface area contributed by atoms with E-state index in [0.717, 1.165) is 12.0 Å². The average molecular weight is 249 g/mol. The summed E-state index contributed by atoms with van der Waals surface area (Å²) in [7, 11) is 0. The minimum absolute atomic E-state index is 0.0824. The molecule has 0 saturated heterocycles. The lowest BCUT2D eigenvalue weighted by atomic mass is 9.85. The molecule has 3 unspecified atom stereocenters. The Balaban J connectivity index is 2.84. The van der Waals surface area contributed by atoms with Crippen molar-refractivity contribution >= 4 is 0 Å². The van der Waals surface area contributed by atoms with Crippen LogP contribution in [-0.4, -0.2) is 11.7 Å². The van der Waals surface area contributed by atoms with E-state index in [1.807, 2.05) is 0 Å². The predicted molar refractivity (Wildman–Crippen MR) is 77.5 cm³/mol. The van der Waals surface area contributed by atoms with Crippen molar-refractivity contribution in [1.82, 2.24) is 0 Å². The summed E-state index contributed by atoms with van der Waals surface area (Å²) in [6.45, 7) is 8.79. The summed E-state index contributed by atoms with van der Waals surface area (Å²) in [5.41, 5.74) is 8.73. The largest absolute Gasteiger partial charge is 0.396 e. The number of benzene rings is 1. The molecular formula is C16H27NO. The lowest BCUT2D eigenvalue weighted by molar-refractivity contribution is 0.166. The fraction of sp³-hybridized carbons (Fsp3) is 0.625. The molecule has 18 heavy (non-hydrogen) atoms. The molecule has 0 spiro atoms. The van der Waals surface area contributed by atoms with Gasteiger partial charge in [-0.2, -0.15) is 0 Å². The normalized spacial score (nSPS) is 16.6. The Labute approximate surface area is 111 Å². The Morgan fingerprint density at radius 1 is 1.06 bits per heavy atom. The Hall–Kier alpha value is -0.860. The van der Waals surface area contributed by atoms with Crippen molar-refractivity contribution in [3.63, 3.8) is 0 Å². The average Bonchev–Trinajstić information content (AvgIpc) is 2.38. The number of nitrogens with two attached hydrogens (primary N) is 1. The van der Waals surface area contributed by atoms with Gasteiger partial charge in [-0.3, -0.25) is 0 Å². The van der Waals surface area contributed by atoms with Gasteiger partial charge in [-0.05, 0) is 29.4 Å². The van der Waals surface area contributed by atoms with E-state index in [1.165, 1.54) is 5.56 Å². The van der Waals surface area contributed by atoms with Gasteiger partial charge in [0.1, 0.15) is 0 Å². The highest BCUT2D eigenvalue weighted by atomic mass is 16.3. The van der Waals surface area contributed by atoms with Gasteiger partial charge < -0.3 is 10.8 Å². The van der Waals surface area contributed by atoms with E-state index >= 15 is 0 Å². The second kappa shape index (κ2) is 6.91. The molecule has 0 aliphatic rings. The molecule has 3 atom stereocenters. The molecule has 0 heterocycles. The van der Waals surface area contributed by atoms with E-state index in [1.54, 1.807) is 0 Å². The Kier molecular flexibility index (Phi) is 5.83. The highest BCUT2D eigenvalue weighted by molar-refractivity contribution is 5.27. The molecule has 0 radical (unpaired) electrons. The molecule has 0 fully saturated rings. The van der Waals surface area contributed by atoms with Gasteiger partial charge >= 0.3 is 0 Å². The maximum absolute atomic E-state index is 9.43. The fourth-order valence-electron chi connectivity index (χ4n) is 2.27. The predicted octanol–water partition coefficient (Wildman–Crippen LogP) is 3.46. The summed E-state index contributed by atoms with van der Waals surface area (Å²) in [6, 6.07) is 8.46. The molecular weight excluding hydrogens is 222 g/mol. The first-order chi connectivity index (χ1) is 8.51. The molecule has 2 heteroatoms. The molecule has 0 bridgehead atoms. The minimum atomic E-state index is -0.0824. The zero-order valence-electron chi connectivity index (χ0n) is 12.1. The minimum Gasteiger partial charge on any atom is -0.396 e. The molecule has 2 nitrogen and oxygen atoms in total. The van der Waals surface area contributed by atoms with Gasteiger partial charge in [0, 0.05) is 18.6 Å². The summed E-state index contributed by atoms with van der Waals surface area (Å²) in [4.78, 5) is 0. The molecule has 1 rings (SSSR count). The van der Waals surface area contributed by atoms with Crippen LogP contribution >= 0.6 is 0 Å². The Morgan fingerprint density at radius 3 is 1.94 bits per heavy atom.